The summed E-state index contributed by atoms with van der Waals surface area (Å²) in [6.45, 7) is 2.84. The maximum absolute atomic E-state index is 12.9. The molecular weight excluding hydrogens is 440 g/mol. The van der Waals surface area contributed by atoms with Crippen LogP contribution in [-0.4, -0.2) is 34.9 Å². The van der Waals surface area contributed by atoms with Gasteiger partial charge in [0.05, 0.1) is 0 Å². The zero-order valence-electron chi connectivity index (χ0n) is 12.9. The van der Waals surface area contributed by atoms with E-state index in [-0.39, 0.29) is 19.6 Å². The van der Waals surface area contributed by atoms with Gasteiger partial charge in [-0.1, -0.05) is 20.1 Å². The van der Waals surface area contributed by atoms with E-state index in [0.29, 0.717) is 6.08 Å². The molecule has 0 fully saturated rings. The number of benzene rings is 1. The van der Waals surface area contributed by atoms with Crippen LogP contribution in [-0.2, 0) is 11.2 Å². The number of rotatable bonds is 3. The Morgan fingerprint density at radius 1 is 0.586 bits per heavy atom. The molecule has 0 aliphatic carbocycles. The molecular formula is C15H12F12O2. The minimum Gasteiger partial charge on any atom is -0.369 e. The Bertz CT molecular complexity index is 655. The highest BCUT2D eigenvalue weighted by molar-refractivity contribution is 5.53. The number of alkyl halides is 12. The monoisotopic (exact) mass is 452 g/mol. The molecule has 0 aromatic heterocycles. The molecule has 2 nitrogen and oxygen atoms in total. The van der Waals surface area contributed by atoms with Crippen LogP contribution in [0, 0.1) is 0 Å². The van der Waals surface area contributed by atoms with E-state index in [4.69, 9.17) is 0 Å². The summed E-state index contributed by atoms with van der Waals surface area (Å²) in [6.07, 6.45) is -26.0. The van der Waals surface area contributed by atoms with Crippen LogP contribution in [0.25, 0.3) is 6.08 Å². The highest BCUT2D eigenvalue weighted by Crippen LogP contribution is 2.54. The summed E-state index contributed by atoms with van der Waals surface area (Å²) in [5.74, 6) is 0. The van der Waals surface area contributed by atoms with E-state index in [2.05, 4.69) is 6.58 Å². The van der Waals surface area contributed by atoms with Crippen molar-refractivity contribution in [1.29, 1.82) is 0 Å². The van der Waals surface area contributed by atoms with Gasteiger partial charge in [-0.25, -0.2) is 0 Å². The summed E-state index contributed by atoms with van der Waals surface area (Å²) in [4.78, 5) is 0. The van der Waals surface area contributed by atoms with Gasteiger partial charge in [0.2, 0.25) is 0 Å². The Balaban J connectivity index is 0.00000784. The van der Waals surface area contributed by atoms with Crippen molar-refractivity contribution in [2.24, 2.45) is 0 Å². The number of hydrogen-bond donors (Lipinski definition) is 2. The summed E-state index contributed by atoms with van der Waals surface area (Å²) in [7, 11) is 0. The fourth-order valence-corrected chi connectivity index (χ4v) is 2.16. The highest BCUT2D eigenvalue weighted by atomic mass is 19.4. The van der Waals surface area contributed by atoms with E-state index < -0.39 is 58.7 Å². The lowest BCUT2D eigenvalue weighted by molar-refractivity contribution is -0.378. The molecule has 0 atom stereocenters. The first-order valence-corrected chi connectivity index (χ1v) is 6.64. The van der Waals surface area contributed by atoms with E-state index in [9.17, 15) is 62.9 Å². The van der Waals surface area contributed by atoms with E-state index in [0.717, 1.165) is 0 Å². The number of hydrogen-bond acceptors (Lipinski definition) is 2. The lowest BCUT2D eigenvalue weighted by Gasteiger charge is -2.36. The van der Waals surface area contributed by atoms with Gasteiger partial charge in [0.1, 0.15) is 0 Å². The zero-order chi connectivity index (χ0) is 22.6. The van der Waals surface area contributed by atoms with Crippen molar-refractivity contribution in [2.45, 2.75) is 43.3 Å². The van der Waals surface area contributed by atoms with Gasteiger partial charge < -0.3 is 10.2 Å². The standard InChI is InChI=1S/C14H8F12O2.CH4/c1-2-6-3-7(9(27,11(15,16)17)12(18,19)20)5-8(4-6)10(28,13(21,22)23)14(24,25)26;/h2-5,27-28H,1H2;1H4. The number of aliphatic hydroxyl groups is 2. The van der Waals surface area contributed by atoms with E-state index in [1.165, 1.54) is 0 Å². The first-order chi connectivity index (χ1) is 12.1. The van der Waals surface area contributed by atoms with Crippen LogP contribution < -0.4 is 0 Å². The van der Waals surface area contributed by atoms with E-state index in [1.54, 1.807) is 0 Å². The zero-order valence-corrected chi connectivity index (χ0v) is 12.9. The molecule has 1 aromatic rings. The van der Waals surface area contributed by atoms with Crippen LogP contribution in [0.3, 0.4) is 0 Å². The predicted molar refractivity (Wildman–Crippen MR) is 75.3 cm³/mol. The normalized spacial score (nSPS) is 14.4. The largest absolute Gasteiger partial charge is 0.430 e. The topological polar surface area (TPSA) is 40.5 Å². The average molecular weight is 452 g/mol. The third kappa shape index (κ3) is 4.17. The van der Waals surface area contributed by atoms with Crippen molar-refractivity contribution < 1.29 is 62.9 Å². The average Bonchev–Trinajstić information content (AvgIpc) is 2.48. The highest BCUT2D eigenvalue weighted by Gasteiger charge is 2.74. The molecule has 2 N–H and O–H groups in total. The van der Waals surface area contributed by atoms with Gasteiger partial charge in [0, 0.05) is 11.1 Å². The minimum atomic E-state index is -6.59. The molecule has 0 heterocycles. The smallest absolute Gasteiger partial charge is 0.369 e. The second-order valence-electron chi connectivity index (χ2n) is 5.46. The Hall–Kier alpha value is -1.96. The summed E-state index contributed by atoms with van der Waals surface area (Å²) in [5.41, 5.74) is -17.6. The van der Waals surface area contributed by atoms with Crippen molar-refractivity contribution in [2.75, 3.05) is 0 Å². The molecule has 168 valence electrons. The third-order valence-electron chi connectivity index (χ3n) is 3.67. The van der Waals surface area contributed by atoms with Gasteiger partial charge in [-0.2, -0.15) is 52.7 Å². The molecule has 1 aromatic carbocycles. The predicted octanol–water partition coefficient (Wildman–Crippen LogP) is 5.59. The SMILES string of the molecule is C.C=Cc1cc(C(O)(C(F)(F)F)C(F)(F)F)cc(C(O)(C(F)(F)F)C(F)(F)F)c1. The van der Waals surface area contributed by atoms with Crippen LogP contribution in [0.2, 0.25) is 0 Å². The van der Waals surface area contributed by atoms with E-state index in [1.807, 2.05) is 0 Å². The van der Waals surface area contributed by atoms with Crippen LogP contribution in [0.1, 0.15) is 24.1 Å². The second-order valence-corrected chi connectivity index (χ2v) is 5.46. The summed E-state index contributed by atoms with van der Waals surface area (Å²) in [5, 5.41) is 18.5. The lowest BCUT2D eigenvalue weighted by atomic mass is 9.84. The second kappa shape index (κ2) is 7.38. The van der Waals surface area contributed by atoms with Gasteiger partial charge >= 0.3 is 24.7 Å². The molecule has 0 radical (unpaired) electrons. The van der Waals surface area contributed by atoms with Crippen molar-refractivity contribution in [3.63, 3.8) is 0 Å². The lowest BCUT2D eigenvalue weighted by Crippen LogP contribution is -2.55. The summed E-state index contributed by atoms with van der Waals surface area (Å²) >= 11 is 0. The van der Waals surface area contributed by atoms with Gasteiger partial charge in [-0.3, -0.25) is 0 Å². The van der Waals surface area contributed by atoms with Crippen LogP contribution in [0.4, 0.5) is 52.7 Å². The molecule has 0 bridgehead atoms. The first kappa shape index (κ1) is 27.0. The molecule has 0 unspecified atom stereocenters. The van der Waals surface area contributed by atoms with Crippen LogP contribution >= 0.6 is 0 Å². The quantitative estimate of drug-likeness (QED) is 0.588. The third-order valence-corrected chi connectivity index (χ3v) is 3.67. The van der Waals surface area contributed by atoms with Gasteiger partial charge in [0.15, 0.2) is 0 Å². The molecule has 0 saturated heterocycles. The molecule has 1 rings (SSSR count). The van der Waals surface area contributed by atoms with Crippen LogP contribution in [0.5, 0.6) is 0 Å². The van der Waals surface area contributed by atoms with Gasteiger partial charge in [-0.15, -0.1) is 0 Å². The fraction of sp³-hybridized carbons (Fsp3) is 0.467. The maximum Gasteiger partial charge on any atom is 0.430 e. The minimum absolute atomic E-state index is 0. The fourth-order valence-electron chi connectivity index (χ4n) is 2.16. The molecule has 0 amide bonds. The maximum atomic E-state index is 12.9. The Labute approximate surface area is 155 Å². The molecule has 14 heteroatoms. The molecule has 0 aliphatic rings. The van der Waals surface area contributed by atoms with E-state index >= 15 is 0 Å². The molecule has 0 spiro atoms. The summed E-state index contributed by atoms with van der Waals surface area (Å²) < 4.78 is 155. The molecule has 0 aliphatic heterocycles. The summed E-state index contributed by atoms with van der Waals surface area (Å²) in [6, 6.07) is -1.19. The van der Waals surface area contributed by atoms with Gasteiger partial charge in [0.25, 0.3) is 11.2 Å². The van der Waals surface area contributed by atoms with Crippen molar-refractivity contribution >= 4 is 6.08 Å². The van der Waals surface area contributed by atoms with Crippen molar-refractivity contribution in [3.05, 3.63) is 41.5 Å². The number of halogens is 12. The van der Waals surface area contributed by atoms with Crippen LogP contribution in [0.15, 0.2) is 24.8 Å². The first-order valence-electron chi connectivity index (χ1n) is 6.64. The Morgan fingerprint density at radius 2 is 0.828 bits per heavy atom. The Kier molecular flexibility index (Phi) is 6.88. The van der Waals surface area contributed by atoms with Crippen molar-refractivity contribution in [1.82, 2.24) is 0 Å². The molecule has 29 heavy (non-hydrogen) atoms. The van der Waals surface area contributed by atoms with Crippen molar-refractivity contribution in [3.8, 4) is 0 Å². The Morgan fingerprint density at radius 3 is 1.00 bits per heavy atom. The van der Waals surface area contributed by atoms with Gasteiger partial charge in [-0.05, 0) is 23.8 Å². The molecule has 0 saturated carbocycles.